The van der Waals surface area contributed by atoms with Gasteiger partial charge in [-0.3, -0.25) is 24.1 Å². The summed E-state index contributed by atoms with van der Waals surface area (Å²) in [6, 6.07) is 25.1. The second-order valence-electron chi connectivity index (χ2n) is 18.9. The van der Waals surface area contributed by atoms with E-state index in [4.69, 9.17) is 21.7 Å². The molecule has 0 bridgehead atoms. The molecule has 1 unspecified atom stereocenters. The maximum Gasteiger partial charge on any atom is 0.417 e. The van der Waals surface area contributed by atoms with Crippen molar-refractivity contribution in [2.75, 3.05) is 36.2 Å². The Bertz CT molecular complexity index is 2820. The molecule has 5 aromatic rings. The topological polar surface area (TPSA) is 177 Å². The number of nitrogens with one attached hydrogen (secondary N) is 2. The third-order valence-electron chi connectivity index (χ3n) is 12.3. The van der Waals surface area contributed by atoms with Gasteiger partial charge in [0.1, 0.15) is 30.0 Å². The maximum atomic E-state index is 14.0. The fourth-order valence-electron chi connectivity index (χ4n) is 8.50. The first kappa shape index (κ1) is 52.1. The molecule has 0 saturated carbocycles. The number of benzene rings is 4. The SMILES string of the molecule is Cc1ncsc1-c1ccc(CNC(=O)[C@@H]2C[C@@H](O)CN2C(=O)C(NC(=O)CCOCCOc2ccc(-c3ccc(N4C(=S)N(c5ccc(C#N)c(C(F)(F)F)c5)C(=O)C4(C)C)cc3)cc2)C(C)(C)C)cc1. The Labute approximate surface area is 419 Å². The van der Waals surface area contributed by atoms with Crippen LogP contribution in [0, 0.1) is 23.7 Å². The van der Waals surface area contributed by atoms with Gasteiger partial charge in [-0.25, -0.2) is 4.98 Å². The van der Waals surface area contributed by atoms with Crippen LogP contribution in [0.1, 0.15) is 69.8 Å². The molecule has 1 aromatic heterocycles. The van der Waals surface area contributed by atoms with Gasteiger partial charge in [-0.2, -0.15) is 18.4 Å². The molecule has 71 heavy (non-hydrogen) atoms. The van der Waals surface area contributed by atoms with Crippen molar-refractivity contribution in [2.24, 2.45) is 5.41 Å². The maximum absolute atomic E-state index is 14.0. The minimum Gasteiger partial charge on any atom is -0.491 e. The quantitative estimate of drug-likeness (QED) is 0.0642. The van der Waals surface area contributed by atoms with E-state index < -0.39 is 70.1 Å². The van der Waals surface area contributed by atoms with Gasteiger partial charge in [0.15, 0.2) is 5.11 Å². The molecule has 19 heteroatoms. The van der Waals surface area contributed by atoms with Crippen molar-refractivity contribution in [2.45, 2.75) is 90.8 Å². The van der Waals surface area contributed by atoms with E-state index in [0.717, 1.165) is 49.9 Å². The molecule has 4 amide bonds. The Hall–Kier alpha value is -6.72. The molecule has 0 radical (unpaired) electrons. The number of rotatable bonds is 16. The minimum absolute atomic E-state index is 0.00461. The highest BCUT2D eigenvalue weighted by Gasteiger charge is 2.51. The van der Waals surface area contributed by atoms with Gasteiger partial charge in [0, 0.05) is 31.6 Å². The Morgan fingerprint density at radius 1 is 0.944 bits per heavy atom. The van der Waals surface area contributed by atoms with Crippen LogP contribution < -0.4 is 25.2 Å². The first-order valence-electron chi connectivity index (χ1n) is 22.8. The van der Waals surface area contributed by atoms with E-state index in [9.17, 15) is 42.7 Å². The van der Waals surface area contributed by atoms with E-state index in [2.05, 4.69) is 15.6 Å². The second kappa shape index (κ2) is 21.3. The predicted molar refractivity (Wildman–Crippen MR) is 267 cm³/mol. The highest BCUT2D eigenvalue weighted by Crippen LogP contribution is 2.40. The molecule has 4 aromatic carbocycles. The fraction of sp³-hybridized carbons (Fsp3) is 0.365. The largest absolute Gasteiger partial charge is 0.491 e. The highest BCUT2D eigenvalue weighted by atomic mass is 32.1. The van der Waals surface area contributed by atoms with E-state index in [1.165, 1.54) is 11.0 Å². The summed E-state index contributed by atoms with van der Waals surface area (Å²) in [5.41, 5.74) is 3.14. The number of halogens is 3. The van der Waals surface area contributed by atoms with Gasteiger partial charge in [-0.05, 0) is 103 Å². The van der Waals surface area contributed by atoms with Crippen molar-refractivity contribution >= 4 is 63.7 Å². The van der Waals surface area contributed by atoms with Crippen molar-refractivity contribution < 1.29 is 46.9 Å². The molecular weight excluding hydrogens is 956 g/mol. The summed E-state index contributed by atoms with van der Waals surface area (Å²) in [6.45, 7) is 11.3. The Kier molecular flexibility index (Phi) is 15.7. The number of nitriles is 1. The molecule has 3 heterocycles. The summed E-state index contributed by atoms with van der Waals surface area (Å²) >= 11 is 7.22. The van der Waals surface area contributed by atoms with Crippen LogP contribution in [0.2, 0.25) is 0 Å². The lowest BCUT2D eigenvalue weighted by Gasteiger charge is -2.35. The molecule has 0 spiro atoms. The average molecular weight is 1010 g/mol. The molecule has 2 aliphatic heterocycles. The number of carbonyl (C=O) groups is 4. The smallest absolute Gasteiger partial charge is 0.417 e. The number of anilines is 2. The van der Waals surface area contributed by atoms with Crippen molar-refractivity contribution in [3.63, 3.8) is 0 Å². The van der Waals surface area contributed by atoms with Gasteiger partial charge in [0.25, 0.3) is 5.91 Å². The van der Waals surface area contributed by atoms with E-state index in [0.29, 0.717) is 11.4 Å². The molecule has 3 N–H and O–H groups in total. The van der Waals surface area contributed by atoms with Gasteiger partial charge < -0.3 is 35.0 Å². The number of alkyl halides is 3. The number of hydrogen-bond acceptors (Lipinski definition) is 11. The van der Waals surface area contributed by atoms with Crippen LogP contribution in [0.25, 0.3) is 21.6 Å². The molecule has 0 aliphatic carbocycles. The lowest BCUT2D eigenvalue weighted by Crippen LogP contribution is -2.57. The predicted octanol–water partition coefficient (Wildman–Crippen LogP) is 8.19. The van der Waals surface area contributed by atoms with Gasteiger partial charge in [-0.1, -0.05) is 69.3 Å². The Balaban J connectivity index is 0.860. The average Bonchev–Trinajstić information content (AvgIpc) is 4.00. The van der Waals surface area contributed by atoms with Crippen molar-refractivity contribution in [1.82, 2.24) is 20.5 Å². The van der Waals surface area contributed by atoms with Gasteiger partial charge in [0.05, 0.1) is 58.3 Å². The molecular formula is C52H54F3N7O7S2. The van der Waals surface area contributed by atoms with Gasteiger partial charge >= 0.3 is 6.18 Å². The third-order valence-corrected chi connectivity index (χ3v) is 13.7. The molecule has 7 rings (SSSR count). The monoisotopic (exact) mass is 1010 g/mol. The summed E-state index contributed by atoms with van der Waals surface area (Å²) < 4.78 is 52.8. The fourth-order valence-corrected chi connectivity index (χ4v) is 9.84. The number of thiocarbonyl (C=S) groups is 1. The number of nitrogens with zero attached hydrogens (tertiary/aromatic N) is 5. The van der Waals surface area contributed by atoms with Crippen molar-refractivity contribution in [3.8, 4) is 33.4 Å². The van der Waals surface area contributed by atoms with Crippen LogP contribution in [-0.2, 0) is 36.6 Å². The number of β-amino-alcohol motifs (C(OH)–C–C–N with tert-alkyl or cyclic N) is 1. The van der Waals surface area contributed by atoms with Gasteiger partial charge in [-0.15, -0.1) is 11.3 Å². The first-order chi connectivity index (χ1) is 33.6. The number of aliphatic hydroxyl groups is 1. The van der Waals surface area contributed by atoms with E-state index >= 15 is 0 Å². The first-order valence-corrected chi connectivity index (χ1v) is 24.1. The van der Waals surface area contributed by atoms with Crippen molar-refractivity contribution in [3.05, 3.63) is 119 Å². The summed E-state index contributed by atoms with van der Waals surface area (Å²) in [6.07, 6.45) is -5.66. The zero-order valence-electron chi connectivity index (χ0n) is 40.0. The van der Waals surface area contributed by atoms with Crippen LogP contribution in [0.4, 0.5) is 24.5 Å². The number of aliphatic hydroxyl groups excluding tert-OH is 1. The third kappa shape index (κ3) is 11.7. The van der Waals surface area contributed by atoms with Gasteiger partial charge in [0.2, 0.25) is 17.7 Å². The number of aromatic nitrogens is 1. The summed E-state index contributed by atoms with van der Waals surface area (Å²) in [7, 11) is 0. The van der Waals surface area contributed by atoms with Crippen LogP contribution in [0.3, 0.4) is 0 Å². The Morgan fingerprint density at radius 3 is 2.18 bits per heavy atom. The number of hydrogen-bond donors (Lipinski definition) is 3. The molecule has 2 aliphatic rings. The highest BCUT2D eigenvalue weighted by molar-refractivity contribution is 7.81. The van der Waals surface area contributed by atoms with E-state index in [1.807, 2.05) is 76.2 Å². The lowest BCUT2D eigenvalue weighted by molar-refractivity contribution is -0.144. The van der Waals surface area contributed by atoms with E-state index in [-0.39, 0.29) is 56.6 Å². The molecule has 14 nitrogen and oxygen atoms in total. The standard InChI is InChI=1S/C52H54F3N7O7S2/c1-31-44(71-30-58-31)35-9-7-32(8-10-35)28-57-46(65)42-26-39(63)29-60(42)47(66)45(50(2,3)4)59-43(64)21-22-68-23-24-69-40-19-14-34(15-20-40)33-11-16-37(17-12-33)62-49(70)61(48(67)51(62,5)6)38-18-13-36(27-56)41(25-38)52(53,54)55/h7-20,25,30,39,42,45,63H,21-24,26,28-29H2,1-6H3,(H,57,65)(H,59,64)/t39-,42+,45?/m1/s1. The van der Waals surface area contributed by atoms with Crippen LogP contribution in [0.15, 0.2) is 96.5 Å². The van der Waals surface area contributed by atoms with E-state index in [1.54, 1.807) is 65.9 Å². The number of thiazole rings is 1. The second-order valence-corrected chi connectivity index (χ2v) is 20.1. The molecule has 372 valence electrons. The lowest BCUT2D eigenvalue weighted by atomic mass is 9.85. The van der Waals surface area contributed by atoms with Crippen LogP contribution in [0.5, 0.6) is 5.75 Å². The molecule has 3 atom stereocenters. The minimum atomic E-state index is -4.81. The summed E-state index contributed by atoms with van der Waals surface area (Å²) in [5.74, 6) is -1.20. The van der Waals surface area contributed by atoms with Crippen LogP contribution in [-0.4, -0.2) is 93.8 Å². The number of carbonyl (C=O) groups excluding carboxylic acids is 4. The zero-order chi connectivity index (χ0) is 51.4. The number of amides is 4. The summed E-state index contributed by atoms with van der Waals surface area (Å²) in [4.78, 5) is 63.6. The molecule has 2 fully saturated rings. The number of ether oxygens (including phenoxy) is 2. The molecule has 2 saturated heterocycles. The number of likely N-dealkylation sites (tertiary alicyclic amines) is 1. The number of aryl methyl sites for hydroxylation is 1. The van der Waals surface area contributed by atoms with Crippen LogP contribution >= 0.6 is 23.6 Å². The normalized spacial score (nSPS) is 17.3. The zero-order valence-corrected chi connectivity index (χ0v) is 41.6. The van der Waals surface area contributed by atoms with Crippen molar-refractivity contribution in [1.29, 1.82) is 5.26 Å². The summed E-state index contributed by atoms with van der Waals surface area (Å²) in [5, 5.41) is 25.6. The Morgan fingerprint density at radius 2 is 1.58 bits per heavy atom.